The summed E-state index contributed by atoms with van der Waals surface area (Å²) in [6, 6.07) is 0. The van der Waals surface area contributed by atoms with Crippen LogP contribution in [0.5, 0.6) is 0 Å². The van der Waals surface area contributed by atoms with E-state index in [0.717, 1.165) is 25.1 Å². The summed E-state index contributed by atoms with van der Waals surface area (Å²) in [4.78, 5) is 4.55. The molecular weight excluding hydrogens is 214 g/mol. The third-order valence-electron chi connectivity index (χ3n) is 4.34. The maximum absolute atomic E-state index is 6.44. The minimum Gasteiger partial charge on any atom is -0.337 e. The Hall–Kier alpha value is -0.900. The van der Waals surface area contributed by atoms with E-state index in [2.05, 4.69) is 24.0 Å². The second-order valence-corrected chi connectivity index (χ2v) is 6.13. The van der Waals surface area contributed by atoms with Crippen molar-refractivity contribution in [2.24, 2.45) is 17.6 Å². The lowest BCUT2D eigenvalue weighted by atomic mass is 9.77. The van der Waals surface area contributed by atoms with Crippen molar-refractivity contribution in [3.63, 3.8) is 0 Å². The van der Waals surface area contributed by atoms with Crippen LogP contribution in [0.25, 0.3) is 0 Å². The average molecular weight is 235 g/mol. The Bertz CT molecular complexity index is 417. The molecule has 4 unspecified atom stereocenters. The molecule has 4 atom stereocenters. The van der Waals surface area contributed by atoms with Gasteiger partial charge in [0.15, 0.2) is 5.82 Å². The molecule has 2 saturated carbocycles. The fourth-order valence-electron chi connectivity index (χ4n) is 3.06. The molecule has 2 fully saturated rings. The van der Waals surface area contributed by atoms with Gasteiger partial charge in [0.2, 0.25) is 5.89 Å². The molecule has 0 saturated heterocycles. The number of hydrogen-bond acceptors (Lipinski definition) is 4. The minimum absolute atomic E-state index is 0.374. The quantitative estimate of drug-likeness (QED) is 0.855. The first-order valence-electron chi connectivity index (χ1n) is 6.71. The van der Waals surface area contributed by atoms with Gasteiger partial charge in [0.05, 0.1) is 5.54 Å². The number of hydrogen-bond donors (Lipinski definition) is 1. The molecule has 4 heteroatoms. The van der Waals surface area contributed by atoms with Gasteiger partial charge in [0, 0.05) is 5.92 Å². The molecule has 1 aromatic heterocycles. The molecule has 0 bridgehead atoms. The molecule has 4 nitrogen and oxygen atoms in total. The van der Waals surface area contributed by atoms with E-state index >= 15 is 0 Å². The number of nitrogens with zero attached hydrogens (tertiary/aromatic N) is 2. The lowest BCUT2D eigenvalue weighted by molar-refractivity contribution is 0.183. The predicted octanol–water partition coefficient (Wildman–Crippen LogP) is 2.56. The summed E-state index contributed by atoms with van der Waals surface area (Å²) in [5.74, 6) is 3.41. The van der Waals surface area contributed by atoms with Crippen LogP contribution < -0.4 is 5.73 Å². The average Bonchev–Trinajstić information content (AvgIpc) is 2.80. The lowest BCUT2D eigenvalue weighted by Gasteiger charge is -2.33. The van der Waals surface area contributed by atoms with Crippen LogP contribution in [0.3, 0.4) is 0 Å². The number of rotatable bonds is 2. The molecule has 1 heterocycles. The summed E-state index contributed by atoms with van der Waals surface area (Å²) in [7, 11) is 0. The van der Waals surface area contributed by atoms with Gasteiger partial charge in [0.1, 0.15) is 0 Å². The van der Waals surface area contributed by atoms with Gasteiger partial charge in [-0.25, -0.2) is 0 Å². The van der Waals surface area contributed by atoms with Crippen LogP contribution in [-0.4, -0.2) is 10.1 Å². The Morgan fingerprint density at radius 3 is 2.82 bits per heavy atom. The molecule has 0 radical (unpaired) electrons. The second kappa shape index (κ2) is 3.80. The number of nitrogens with two attached hydrogens (primary N) is 1. The Morgan fingerprint density at radius 1 is 1.41 bits per heavy atom. The molecule has 2 aliphatic rings. The van der Waals surface area contributed by atoms with E-state index in [9.17, 15) is 0 Å². The zero-order chi connectivity index (χ0) is 12.0. The zero-order valence-corrected chi connectivity index (χ0v) is 10.6. The standard InChI is InChI=1S/C13H21N3O/c1-8-4-3-5-13(14,7-8)12-15-11(16-17-12)10-6-9(10)2/h8-10H,3-7,14H2,1-2H3. The van der Waals surface area contributed by atoms with Gasteiger partial charge in [-0.1, -0.05) is 31.8 Å². The van der Waals surface area contributed by atoms with Crippen molar-refractivity contribution in [3.05, 3.63) is 11.7 Å². The van der Waals surface area contributed by atoms with Crippen LogP contribution >= 0.6 is 0 Å². The molecule has 0 aliphatic heterocycles. The molecule has 2 aliphatic carbocycles. The van der Waals surface area contributed by atoms with Gasteiger partial charge < -0.3 is 10.3 Å². The first-order chi connectivity index (χ1) is 8.08. The van der Waals surface area contributed by atoms with Crippen molar-refractivity contribution in [3.8, 4) is 0 Å². The smallest absolute Gasteiger partial charge is 0.246 e. The van der Waals surface area contributed by atoms with Crippen LogP contribution in [-0.2, 0) is 5.54 Å². The van der Waals surface area contributed by atoms with Gasteiger partial charge in [-0.2, -0.15) is 4.98 Å². The van der Waals surface area contributed by atoms with E-state index in [1.807, 2.05) is 0 Å². The molecule has 2 N–H and O–H groups in total. The highest BCUT2D eigenvalue weighted by atomic mass is 16.5. The molecular formula is C13H21N3O. The maximum Gasteiger partial charge on any atom is 0.246 e. The van der Waals surface area contributed by atoms with Crippen LogP contribution in [0.15, 0.2) is 4.52 Å². The molecule has 94 valence electrons. The van der Waals surface area contributed by atoms with Crippen LogP contribution in [0.1, 0.15) is 63.6 Å². The summed E-state index contributed by atoms with van der Waals surface area (Å²) in [5, 5.41) is 4.11. The Morgan fingerprint density at radius 2 is 2.18 bits per heavy atom. The van der Waals surface area contributed by atoms with Crippen molar-refractivity contribution in [2.45, 2.75) is 57.4 Å². The zero-order valence-electron chi connectivity index (χ0n) is 10.6. The Balaban J connectivity index is 1.80. The predicted molar refractivity (Wildman–Crippen MR) is 64.3 cm³/mol. The third-order valence-corrected chi connectivity index (χ3v) is 4.34. The summed E-state index contributed by atoms with van der Waals surface area (Å²) in [6.45, 7) is 4.47. The van der Waals surface area contributed by atoms with Gasteiger partial charge in [0.25, 0.3) is 0 Å². The van der Waals surface area contributed by atoms with Crippen molar-refractivity contribution in [1.29, 1.82) is 0 Å². The topological polar surface area (TPSA) is 64.9 Å². The summed E-state index contributed by atoms with van der Waals surface area (Å²) >= 11 is 0. The van der Waals surface area contributed by atoms with E-state index < -0.39 is 0 Å². The monoisotopic (exact) mass is 235 g/mol. The molecule has 0 amide bonds. The minimum atomic E-state index is -0.374. The van der Waals surface area contributed by atoms with Crippen LogP contribution in [0.4, 0.5) is 0 Å². The molecule has 3 rings (SSSR count). The van der Waals surface area contributed by atoms with Crippen molar-refractivity contribution >= 4 is 0 Å². The van der Waals surface area contributed by atoms with Gasteiger partial charge in [-0.15, -0.1) is 0 Å². The normalized spacial score (nSPS) is 41.5. The molecule has 0 spiro atoms. The molecule has 1 aromatic rings. The second-order valence-electron chi connectivity index (χ2n) is 6.13. The summed E-state index contributed by atoms with van der Waals surface area (Å²) in [6.07, 6.45) is 5.55. The lowest BCUT2D eigenvalue weighted by Crippen LogP contribution is -2.41. The van der Waals surface area contributed by atoms with E-state index in [1.54, 1.807) is 0 Å². The van der Waals surface area contributed by atoms with Crippen LogP contribution in [0, 0.1) is 11.8 Å². The van der Waals surface area contributed by atoms with E-state index in [-0.39, 0.29) is 5.54 Å². The number of aromatic nitrogens is 2. The highest BCUT2D eigenvalue weighted by Gasteiger charge is 2.42. The van der Waals surface area contributed by atoms with Crippen LogP contribution in [0.2, 0.25) is 0 Å². The van der Waals surface area contributed by atoms with E-state index in [1.165, 1.54) is 12.8 Å². The first kappa shape index (κ1) is 11.2. The summed E-state index contributed by atoms with van der Waals surface area (Å²) < 4.78 is 5.42. The first-order valence-corrected chi connectivity index (χ1v) is 6.71. The van der Waals surface area contributed by atoms with E-state index in [4.69, 9.17) is 10.3 Å². The van der Waals surface area contributed by atoms with Gasteiger partial charge >= 0.3 is 0 Å². The van der Waals surface area contributed by atoms with Crippen molar-refractivity contribution in [1.82, 2.24) is 10.1 Å². The van der Waals surface area contributed by atoms with Crippen molar-refractivity contribution < 1.29 is 4.52 Å². The SMILES string of the molecule is CC1CCCC(N)(c2nc(C3CC3C)no2)C1. The highest BCUT2D eigenvalue weighted by molar-refractivity contribution is 5.11. The highest BCUT2D eigenvalue weighted by Crippen LogP contribution is 2.46. The van der Waals surface area contributed by atoms with Gasteiger partial charge in [-0.3, -0.25) is 0 Å². The summed E-state index contributed by atoms with van der Waals surface area (Å²) in [5.41, 5.74) is 6.07. The Kier molecular flexibility index (Phi) is 2.51. The largest absolute Gasteiger partial charge is 0.337 e. The molecule has 17 heavy (non-hydrogen) atoms. The third kappa shape index (κ3) is 1.99. The fraction of sp³-hybridized carbons (Fsp3) is 0.846. The molecule has 0 aromatic carbocycles. The fourth-order valence-corrected chi connectivity index (χ4v) is 3.06. The maximum atomic E-state index is 6.44. The van der Waals surface area contributed by atoms with Crippen molar-refractivity contribution in [2.75, 3.05) is 0 Å². The van der Waals surface area contributed by atoms with E-state index in [0.29, 0.717) is 23.6 Å². The Labute approximate surface area is 102 Å². The van der Waals surface area contributed by atoms with Gasteiger partial charge in [-0.05, 0) is 31.1 Å².